The van der Waals surface area contributed by atoms with Crippen molar-refractivity contribution in [1.82, 2.24) is 35.6 Å². The van der Waals surface area contributed by atoms with Crippen LogP contribution in [0.2, 0.25) is 0 Å². The number of anilines is 1. The molecule has 0 saturated heterocycles. The molecule has 2 aromatic heterocycles. The highest BCUT2D eigenvalue weighted by molar-refractivity contribution is 6.09. The van der Waals surface area contributed by atoms with Crippen LogP contribution in [-0.2, 0) is 6.54 Å². The van der Waals surface area contributed by atoms with Crippen molar-refractivity contribution < 1.29 is 9.42 Å². The van der Waals surface area contributed by atoms with Crippen LogP contribution in [0.4, 0.5) is 5.82 Å². The smallest absolute Gasteiger partial charge is 0.293 e. The highest BCUT2D eigenvalue weighted by Gasteiger charge is 2.25. The molecule has 194 valence electrons. The number of carbonyl (C=O) groups excluding carboxylic acids is 1. The summed E-state index contributed by atoms with van der Waals surface area (Å²) in [4.78, 5) is 15.4. The first-order chi connectivity index (χ1) is 18.6. The summed E-state index contributed by atoms with van der Waals surface area (Å²) >= 11 is 0. The minimum absolute atomic E-state index is 0.0417. The number of benzene rings is 2. The van der Waals surface area contributed by atoms with E-state index in [1.807, 2.05) is 98.8 Å². The van der Waals surface area contributed by atoms with E-state index in [0.717, 1.165) is 24.2 Å². The first-order valence-electron chi connectivity index (χ1n) is 12.2. The number of nitrogens with two attached hydrogens (primary N) is 1. The van der Waals surface area contributed by atoms with Crippen LogP contribution in [0.15, 0.2) is 82.5 Å². The third kappa shape index (κ3) is 6.65. The predicted octanol–water partition coefficient (Wildman–Crippen LogP) is 3.59. The second kappa shape index (κ2) is 12.9. The fraction of sp³-hybridized carbons (Fsp3) is 0.185. The van der Waals surface area contributed by atoms with Crippen molar-refractivity contribution in [2.45, 2.75) is 20.4 Å². The molecule has 0 saturated carbocycles. The van der Waals surface area contributed by atoms with Gasteiger partial charge in [-0.15, -0.1) is 5.10 Å². The van der Waals surface area contributed by atoms with Gasteiger partial charge < -0.3 is 5.73 Å². The molecule has 2 aromatic carbocycles. The molecule has 0 aliphatic carbocycles. The van der Waals surface area contributed by atoms with E-state index in [-0.39, 0.29) is 17.3 Å². The number of nitrogens with one attached hydrogen (secondary N) is 1. The molecule has 1 amide bonds. The number of aromatic nitrogens is 5. The van der Waals surface area contributed by atoms with Gasteiger partial charge in [-0.3, -0.25) is 9.69 Å². The van der Waals surface area contributed by atoms with E-state index < -0.39 is 5.91 Å². The summed E-state index contributed by atoms with van der Waals surface area (Å²) in [5.74, 6) is -0.313. The van der Waals surface area contributed by atoms with E-state index in [1.54, 1.807) is 0 Å². The standard InChI is InChI=1S/C27H29N9O2/c1-3-35(4-2)19-23-24(30-34-36(23)26-25(28)32-38-33-26)27(37)31-29-22(17-15-20-11-7-5-8-12-20)18-16-21-13-9-6-10-14-21/h5-18H,3-4,19H2,1-2H3,(H2,28,32)(H,31,37). The normalized spacial score (nSPS) is 11.4. The van der Waals surface area contributed by atoms with Gasteiger partial charge in [0.2, 0.25) is 11.6 Å². The van der Waals surface area contributed by atoms with Gasteiger partial charge in [0.05, 0.1) is 11.4 Å². The third-order valence-electron chi connectivity index (χ3n) is 5.72. The Bertz CT molecular complexity index is 1370. The molecule has 11 heteroatoms. The lowest BCUT2D eigenvalue weighted by Gasteiger charge is -2.18. The Balaban J connectivity index is 1.63. The van der Waals surface area contributed by atoms with Gasteiger partial charge in [-0.1, -0.05) is 91.9 Å². The second-order valence-electron chi connectivity index (χ2n) is 8.20. The van der Waals surface area contributed by atoms with Gasteiger partial charge in [0.25, 0.3) is 5.91 Å². The Morgan fingerprint density at radius 2 is 1.61 bits per heavy atom. The van der Waals surface area contributed by atoms with Crippen molar-refractivity contribution in [3.05, 3.63) is 95.3 Å². The van der Waals surface area contributed by atoms with Gasteiger partial charge >= 0.3 is 0 Å². The minimum atomic E-state index is -0.521. The number of rotatable bonds is 11. The van der Waals surface area contributed by atoms with Gasteiger partial charge in [-0.25, -0.2) is 10.1 Å². The molecule has 0 radical (unpaired) electrons. The van der Waals surface area contributed by atoms with E-state index in [1.165, 1.54) is 4.68 Å². The van der Waals surface area contributed by atoms with Crippen LogP contribution < -0.4 is 11.2 Å². The van der Waals surface area contributed by atoms with E-state index in [4.69, 9.17) is 10.4 Å². The molecule has 0 unspecified atom stereocenters. The number of amides is 1. The Morgan fingerprint density at radius 1 is 1.00 bits per heavy atom. The first kappa shape index (κ1) is 26.2. The molecule has 0 atom stereocenters. The Morgan fingerprint density at radius 3 is 2.13 bits per heavy atom. The maximum Gasteiger partial charge on any atom is 0.293 e. The maximum atomic E-state index is 13.3. The van der Waals surface area contributed by atoms with Crippen LogP contribution >= 0.6 is 0 Å². The largest absolute Gasteiger partial charge is 0.378 e. The molecular weight excluding hydrogens is 482 g/mol. The van der Waals surface area contributed by atoms with Crippen molar-refractivity contribution in [2.75, 3.05) is 18.8 Å². The molecule has 0 spiro atoms. The molecule has 4 aromatic rings. The van der Waals surface area contributed by atoms with Crippen LogP contribution in [0, 0.1) is 0 Å². The van der Waals surface area contributed by atoms with Gasteiger partial charge in [-0.05, 0) is 46.7 Å². The number of hydrogen-bond donors (Lipinski definition) is 2. The molecule has 2 heterocycles. The topological polar surface area (TPSA) is 140 Å². The second-order valence-corrected chi connectivity index (χ2v) is 8.20. The summed E-state index contributed by atoms with van der Waals surface area (Å²) < 4.78 is 6.09. The quantitative estimate of drug-likeness (QED) is 0.230. The molecule has 0 fully saturated rings. The zero-order valence-corrected chi connectivity index (χ0v) is 21.2. The molecule has 11 nitrogen and oxygen atoms in total. The van der Waals surface area contributed by atoms with Crippen LogP contribution in [0.1, 0.15) is 41.2 Å². The number of hydrogen-bond acceptors (Lipinski definition) is 9. The van der Waals surface area contributed by atoms with Gasteiger partial charge in [0.15, 0.2) is 5.69 Å². The highest BCUT2D eigenvalue weighted by Crippen LogP contribution is 2.17. The van der Waals surface area contributed by atoms with E-state index in [9.17, 15) is 4.79 Å². The van der Waals surface area contributed by atoms with Gasteiger partial charge in [0.1, 0.15) is 0 Å². The van der Waals surface area contributed by atoms with E-state index >= 15 is 0 Å². The Labute approximate surface area is 220 Å². The van der Waals surface area contributed by atoms with Gasteiger partial charge in [0, 0.05) is 6.54 Å². The van der Waals surface area contributed by atoms with Crippen LogP contribution in [0.3, 0.4) is 0 Å². The fourth-order valence-electron chi connectivity index (χ4n) is 3.58. The fourth-order valence-corrected chi connectivity index (χ4v) is 3.58. The SMILES string of the molecule is CCN(CC)Cc1c(C(=O)NN=C(C=Cc2ccccc2)C=Cc2ccccc2)nnn1-c1nonc1N. The van der Waals surface area contributed by atoms with Crippen LogP contribution in [0.5, 0.6) is 0 Å². The minimum Gasteiger partial charge on any atom is -0.378 e. The molecule has 0 aliphatic rings. The van der Waals surface area contributed by atoms with Crippen LogP contribution in [0.25, 0.3) is 18.0 Å². The zero-order chi connectivity index (χ0) is 26.7. The summed E-state index contributed by atoms with van der Waals surface area (Å²) in [6.45, 7) is 5.95. The highest BCUT2D eigenvalue weighted by atomic mass is 16.6. The number of nitrogens with zero attached hydrogens (tertiary/aromatic N) is 7. The lowest BCUT2D eigenvalue weighted by molar-refractivity contribution is 0.0947. The summed E-state index contributed by atoms with van der Waals surface area (Å²) in [7, 11) is 0. The van der Waals surface area contributed by atoms with Crippen molar-refractivity contribution in [3.8, 4) is 5.82 Å². The molecule has 0 bridgehead atoms. The third-order valence-corrected chi connectivity index (χ3v) is 5.72. The monoisotopic (exact) mass is 511 g/mol. The summed E-state index contributed by atoms with van der Waals surface area (Å²) in [6.07, 6.45) is 7.49. The van der Waals surface area contributed by atoms with Gasteiger partial charge in [-0.2, -0.15) is 9.78 Å². The number of nitrogen functional groups attached to an aromatic ring is 1. The summed E-state index contributed by atoms with van der Waals surface area (Å²) in [5.41, 5.74) is 11.6. The Kier molecular flexibility index (Phi) is 8.87. The van der Waals surface area contributed by atoms with E-state index in [2.05, 4.69) is 36.1 Å². The zero-order valence-electron chi connectivity index (χ0n) is 21.2. The maximum absolute atomic E-state index is 13.3. The lowest BCUT2D eigenvalue weighted by atomic mass is 10.1. The average Bonchev–Trinajstić information content (AvgIpc) is 3.57. The Hall–Kier alpha value is -4.90. The molecule has 3 N–H and O–H groups in total. The van der Waals surface area contributed by atoms with Crippen LogP contribution in [-0.4, -0.2) is 54.9 Å². The lowest BCUT2D eigenvalue weighted by Crippen LogP contribution is -2.27. The summed E-state index contributed by atoms with van der Waals surface area (Å²) in [5, 5.41) is 20.0. The predicted molar refractivity (Wildman–Crippen MR) is 146 cm³/mol. The molecule has 0 aliphatic heterocycles. The number of allylic oxidation sites excluding steroid dienone is 2. The average molecular weight is 512 g/mol. The summed E-state index contributed by atoms with van der Waals surface area (Å²) in [6, 6.07) is 19.6. The number of hydrazone groups is 1. The van der Waals surface area contributed by atoms with E-state index in [0.29, 0.717) is 18.0 Å². The van der Waals surface area contributed by atoms with Crippen molar-refractivity contribution in [3.63, 3.8) is 0 Å². The molecule has 4 rings (SSSR count). The van der Waals surface area contributed by atoms with Crippen molar-refractivity contribution in [2.24, 2.45) is 5.10 Å². The first-order valence-corrected chi connectivity index (χ1v) is 12.2. The molecular formula is C27H29N9O2. The van der Waals surface area contributed by atoms with Crippen molar-refractivity contribution in [1.29, 1.82) is 0 Å². The number of carbonyl (C=O) groups is 1. The molecule has 38 heavy (non-hydrogen) atoms. The van der Waals surface area contributed by atoms with Crippen molar-refractivity contribution >= 4 is 29.6 Å².